The van der Waals surface area contributed by atoms with Gasteiger partial charge in [0.05, 0.1) is 0 Å². The van der Waals surface area contributed by atoms with Gasteiger partial charge in [0.25, 0.3) is 0 Å². The number of hydrogen-bond donors (Lipinski definition) is 1. The van der Waals surface area contributed by atoms with Gasteiger partial charge in [-0.15, -0.1) is 0 Å². The Morgan fingerprint density at radius 2 is 2.25 bits per heavy atom. The van der Waals surface area contributed by atoms with Crippen LogP contribution >= 0.6 is 0 Å². The van der Waals surface area contributed by atoms with Gasteiger partial charge in [-0.3, -0.25) is 4.79 Å². The molecule has 0 bridgehead atoms. The van der Waals surface area contributed by atoms with E-state index in [1.807, 2.05) is 23.9 Å². The van der Waals surface area contributed by atoms with E-state index in [9.17, 15) is 4.79 Å². The summed E-state index contributed by atoms with van der Waals surface area (Å²) in [5.41, 5.74) is 0. The van der Waals surface area contributed by atoms with E-state index in [2.05, 4.69) is 0 Å². The van der Waals surface area contributed by atoms with Crippen LogP contribution in [0.1, 0.15) is 32.1 Å². The van der Waals surface area contributed by atoms with Crippen LogP contribution in [0.15, 0.2) is 0 Å². The Labute approximate surface area is 98.2 Å². The van der Waals surface area contributed by atoms with Crippen molar-refractivity contribution in [3.05, 3.63) is 0 Å². The first kappa shape index (κ1) is 13.5. The highest BCUT2D eigenvalue weighted by Crippen LogP contribution is 2.21. The van der Waals surface area contributed by atoms with Gasteiger partial charge in [0.2, 0.25) is 5.91 Å². The summed E-state index contributed by atoms with van der Waals surface area (Å²) in [6.45, 7) is 1.96. The highest BCUT2D eigenvalue weighted by atomic mass is 16.3. The van der Waals surface area contributed by atoms with Gasteiger partial charge in [0.1, 0.15) is 0 Å². The van der Waals surface area contributed by atoms with Crippen molar-refractivity contribution in [2.75, 3.05) is 33.8 Å². The largest absolute Gasteiger partial charge is 0.396 e. The van der Waals surface area contributed by atoms with Crippen molar-refractivity contribution < 1.29 is 9.90 Å². The van der Waals surface area contributed by atoms with Crippen LogP contribution in [0, 0.1) is 0 Å². The lowest BCUT2D eigenvalue weighted by molar-refractivity contribution is -0.132. The van der Waals surface area contributed by atoms with Gasteiger partial charge in [-0.2, -0.15) is 0 Å². The fourth-order valence-corrected chi connectivity index (χ4v) is 2.25. The van der Waals surface area contributed by atoms with Gasteiger partial charge >= 0.3 is 0 Å². The molecular weight excluding hydrogens is 204 g/mol. The van der Waals surface area contributed by atoms with E-state index in [-0.39, 0.29) is 12.5 Å². The molecule has 1 atom stereocenters. The van der Waals surface area contributed by atoms with Gasteiger partial charge in [-0.25, -0.2) is 0 Å². The lowest BCUT2D eigenvalue weighted by Crippen LogP contribution is -2.37. The molecule has 0 spiro atoms. The number of likely N-dealkylation sites (tertiary alicyclic amines) is 1. The molecule has 4 heteroatoms. The van der Waals surface area contributed by atoms with Crippen LogP contribution in [-0.4, -0.2) is 60.6 Å². The average molecular weight is 228 g/mol. The smallest absolute Gasteiger partial charge is 0.224 e. The molecule has 0 aromatic heterocycles. The molecule has 1 rings (SSSR count). The third-order valence-corrected chi connectivity index (χ3v) is 3.17. The van der Waals surface area contributed by atoms with Crippen LogP contribution in [0.25, 0.3) is 0 Å². The van der Waals surface area contributed by atoms with Crippen LogP contribution in [0.4, 0.5) is 0 Å². The van der Waals surface area contributed by atoms with Gasteiger partial charge in [0, 0.05) is 32.2 Å². The highest BCUT2D eigenvalue weighted by molar-refractivity contribution is 5.77. The summed E-state index contributed by atoms with van der Waals surface area (Å²) >= 11 is 0. The third-order valence-electron chi connectivity index (χ3n) is 3.17. The molecule has 0 aliphatic carbocycles. The van der Waals surface area contributed by atoms with Crippen molar-refractivity contribution >= 4 is 5.91 Å². The van der Waals surface area contributed by atoms with Crippen molar-refractivity contribution in [3.63, 3.8) is 0 Å². The van der Waals surface area contributed by atoms with Crippen molar-refractivity contribution in [2.24, 2.45) is 0 Å². The molecular formula is C12H24N2O2. The average Bonchev–Trinajstić information content (AvgIpc) is 2.71. The monoisotopic (exact) mass is 228 g/mol. The molecule has 1 amide bonds. The number of carbonyl (C=O) groups excluding carboxylic acids is 1. The molecule has 1 fully saturated rings. The van der Waals surface area contributed by atoms with Gasteiger partial charge in [0.15, 0.2) is 0 Å². The summed E-state index contributed by atoms with van der Waals surface area (Å²) in [6.07, 6.45) is 4.59. The summed E-state index contributed by atoms with van der Waals surface area (Å²) in [4.78, 5) is 16.0. The molecule has 0 radical (unpaired) electrons. The minimum Gasteiger partial charge on any atom is -0.396 e. The molecule has 1 aliphatic rings. The quantitative estimate of drug-likeness (QED) is 0.728. The zero-order valence-electron chi connectivity index (χ0n) is 10.5. The summed E-state index contributed by atoms with van der Waals surface area (Å²) in [5.74, 6) is 0.272. The van der Waals surface area contributed by atoms with Crippen LogP contribution in [0.2, 0.25) is 0 Å². The first-order valence-electron chi connectivity index (χ1n) is 6.20. The van der Waals surface area contributed by atoms with E-state index in [0.717, 1.165) is 38.8 Å². The van der Waals surface area contributed by atoms with E-state index in [1.165, 1.54) is 0 Å². The maximum absolute atomic E-state index is 12.0. The van der Waals surface area contributed by atoms with Crippen molar-refractivity contribution in [3.8, 4) is 0 Å². The minimum atomic E-state index is 0.232. The normalized spacial score (nSPS) is 20.8. The van der Waals surface area contributed by atoms with E-state index in [0.29, 0.717) is 12.5 Å². The topological polar surface area (TPSA) is 43.8 Å². The first-order valence-corrected chi connectivity index (χ1v) is 6.20. The van der Waals surface area contributed by atoms with E-state index in [1.54, 1.807) is 0 Å². The minimum absolute atomic E-state index is 0.232. The zero-order chi connectivity index (χ0) is 12.0. The van der Waals surface area contributed by atoms with E-state index in [4.69, 9.17) is 5.11 Å². The number of hydrogen-bond acceptors (Lipinski definition) is 3. The summed E-state index contributed by atoms with van der Waals surface area (Å²) in [7, 11) is 3.97. The predicted octanol–water partition coefficient (Wildman–Crippen LogP) is 0.702. The van der Waals surface area contributed by atoms with Crippen LogP contribution < -0.4 is 0 Å². The van der Waals surface area contributed by atoms with Crippen molar-refractivity contribution in [1.82, 2.24) is 9.80 Å². The Morgan fingerprint density at radius 1 is 1.50 bits per heavy atom. The fraction of sp³-hybridized carbons (Fsp3) is 0.917. The van der Waals surface area contributed by atoms with Gasteiger partial charge < -0.3 is 14.9 Å². The van der Waals surface area contributed by atoms with Gasteiger partial charge in [-0.05, 0) is 39.8 Å². The number of carbonyl (C=O) groups is 1. The molecule has 0 aromatic carbocycles. The maximum Gasteiger partial charge on any atom is 0.224 e. The number of nitrogens with zero attached hydrogens (tertiary/aromatic N) is 2. The SMILES string of the molecule is CN(C)CCC(=O)N1CCCC1CCCO. The predicted molar refractivity (Wildman–Crippen MR) is 64.2 cm³/mol. The third kappa shape index (κ3) is 4.10. The first-order chi connectivity index (χ1) is 7.65. The van der Waals surface area contributed by atoms with Crippen LogP contribution in [0.5, 0.6) is 0 Å². The second kappa shape index (κ2) is 6.86. The zero-order valence-corrected chi connectivity index (χ0v) is 10.5. The number of aliphatic hydroxyl groups is 1. The second-order valence-corrected chi connectivity index (χ2v) is 4.80. The molecule has 4 nitrogen and oxygen atoms in total. The lowest BCUT2D eigenvalue weighted by atomic mass is 10.1. The molecule has 1 saturated heterocycles. The number of aliphatic hydroxyl groups excluding tert-OH is 1. The van der Waals surface area contributed by atoms with Crippen LogP contribution in [-0.2, 0) is 4.79 Å². The molecule has 0 aromatic rings. The highest BCUT2D eigenvalue weighted by Gasteiger charge is 2.27. The Bertz CT molecular complexity index is 219. The molecule has 1 aliphatic heterocycles. The lowest BCUT2D eigenvalue weighted by Gasteiger charge is -2.25. The molecule has 94 valence electrons. The Kier molecular flexibility index (Phi) is 5.77. The molecule has 1 N–H and O–H groups in total. The van der Waals surface area contributed by atoms with E-state index >= 15 is 0 Å². The molecule has 1 heterocycles. The molecule has 1 unspecified atom stereocenters. The van der Waals surface area contributed by atoms with E-state index < -0.39 is 0 Å². The fourth-order valence-electron chi connectivity index (χ4n) is 2.25. The number of rotatable bonds is 6. The Morgan fingerprint density at radius 3 is 2.88 bits per heavy atom. The molecule has 0 saturated carbocycles. The summed E-state index contributed by atoms with van der Waals surface area (Å²) < 4.78 is 0. The standard InChI is InChI=1S/C12H24N2O2/c1-13(2)9-7-12(16)14-8-3-5-11(14)6-4-10-15/h11,15H,3-10H2,1-2H3. The summed E-state index contributed by atoms with van der Waals surface area (Å²) in [5, 5.41) is 8.82. The number of amides is 1. The Hall–Kier alpha value is -0.610. The van der Waals surface area contributed by atoms with Gasteiger partial charge in [-0.1, -0.05) is 0 Å². The summed E-state index contributed by atoms with van der Waals surface area (Å²) in [6, 6.07) is 0.377. The molecule has 16 heavy (non-hydrogen) atoms. The van der Waals surface area contributed by atoms with Crippen LogP contribution in [0.3, 0.4) is 0 Å². The Balaban J connectivity index is 2.35. The second-order valence-electron chi connectivity index (χ2n) is 4.80. The van der Waals surface area contributed by atoms with Crippen molar-refractivity contribution in [1.29, 1.82) is 0 Å². The maximum atomic E-state index is 12.0. The van der Waals surface area contributed by atoms with Crippen molar-refractivity contribution in [2.45, 2.75) is 38.1 Å².